The molecule has 1 rings (SSSR count). The molecule has 0 saturated heterocycles. The molecule has 0 spiro atoms. The van der Waals surface area contributed by atoms with Gasteiger partial charge in [-0.05, 0) is 24.3 Å². The Labute approximate surface area is 89.5 Å². The van der Waals surface area contributed by atoms with Crippen molar-refractivity contribution in [2.75, 3.05) is 6.26 Å². The third-order valence-corrected chi connectivity index (χ3v) is 2.87. The highest BCUT2D eigenvalue weighted by Crippen LogP contribution is 2.27. The minimum atomic E-state index is -0.435. The largest absolute Gasteiger partial charge is 0.388 e. The van der Waals surface area contributed by atoms with Crippen LogP contribution < -0.4 is 0 Å². The Morgan fingerprint density at radius 2 is 2.21 bits per heavy atom. The third kappa shape index (κ3) is 2.80. The maximum absolute atomic E-state index is 9.85. The van der Waals surface area contributed by atoms with Crippen LogP contribution in [0.1, 0.15) is 24.5 Å². The van der Waals surface area contributed by atoms with Gasteiger partial charge in [0, 0.05) is 11.3 Å². The van der Waals surface area contributed by atoms with Gasteiger partial charge in [0.25, 0.3) is 0 Å². The Bertz CT molecular complexity index is 327. The Kier molecular flexibility index (Phi) is 4.58. The molecular weight excluding hydrogens is 192 g/mol. The van der Waals surface area contributed by atoms with E-state index in [2.05, 4.69) is 5.92 Å². The number of hydrogen-bond acceptors (Lipinski definition) is 2. The highest BCUT2D eigenvalue weighted by molar-refractivity contribution is 7.98. The summed E-state index contributed by atoms with van der Waals surface area (Å²) in [5.41, 5.74) is 0.982. The SMILES string of the molecule is C#CCCC(O)c1ccccc1SC. The maximum atomic E-state index is 9.85. The molecule has 14 heavy (non-hydrogen) atoms. The Morgan fingerprint density at radius 3 is 2.86 bits per heavy atom. The van der Waals surface area contributed by atoms with Gasteiger partial charge in [-0.15, -0.1) is 24.1 Å². The molecule has 0 aliphatic carbocycles. The molecule has 0 fully saturated rings. The monoisotopic (exact) mass is 206 g/mol. The van der Waals surface area contributed by atoms with Gasteiger partial charge in [-0.2, -0.15) is 0 Å². The topological polar surface area (TPSA) is 20.2 Å². The number of thioether (sulfide) groups is 1. The van der Waals surface area contributed by atoms with Crippen LogP contribution in [0.2, 0.25) is 0 Å². The minimum Gasteiger partial charge on any atom is -0.388 e. The first-order valence-electron chi connectivity index (χ1n) is 4.54. The quantitative estimate of drug-likeness (QED) is 0.604. The van der Waals surface area contributed by atoms with Crippen molar-refractivity contribution in [3.05, 3.63) is 29.8 Å². The van der Waals surface area contributed by atoms with E-state index in [9.17, 15) is 5.11 Å². The zero-order chi connectivity index (χ0) is 10.4. The molecule has 1 nitrogen and oxygen atoms in total. The first kappa shape index (κ1) is 11.2. The second-order valence-electron chi connectivity index (χ2n) is 3.00. The van der Waals surface area contributed by atoms with Crippen LogP contribution in [0.25, 0.3) is 0 Å². The van der Waals surface area contributed by atoms with E-state index in [1.807, 2.05) is 30.5 Å². The van der Waals surface area contributed by atoms with Crippen molar-refractivity contribution in [2.24, 2.45) is 0 Å². The minimum absolute atomic E-state index is 0.435. The highest BCUT2D eigenvalue weighted by Gasteiger charge is 2.10. The maximum Gasteiger partial charge on any atom is 0.0809 e. The molecule has 1 aromatic rings. The third-order valence-electron chi connectivity index (χ3n) is 2.06. The van der Waals surface area contributed by atoms with Crippen LogP contribution in [-0.4, -0.2) is 11.4 Å². The number of benzene rings is 1. The smallest absolute Gasteiger partial charge is 0.0809 e. The lowest BCUT2D eigenvalue weighted by Gasteiger charge is -2.12. The molecule has 0 aliphatic rings. The van der Waals surface area contributed by atoms with Crippen LogP contribution in [0, 0.1) is 12.3 Å². The van der Waals surface area contributed by atoms with E-state index in [4.69, 9.17) is 6.42 Å². The van der Waals surface area contributed by atoms with Crippen molar-refractivity contribution in [1.29, 1.82) is 0 Å². The van der Waals surface area contributed by atoms with Crippen molar-refractivity contribution in [2.45, 2.75) is 23.8 Å². The van der Waals surface area contributed by atoms with Crippen LogP contribution >= 0.6 is 11.8 Å². The predicted molar refractivity (Wildman–Crippen MR) is 61.2 cm³/mol. The van der Waals surface area contributed by atoms with Crippen LogP contribution in [0.4, 0.5) is 0 Å². The summed E-state index contributed by atoms with van der Waals surface area (Å²) in [6.45, 7) is 0. The fourth-order valence-corrected chi connectivity index (χ4v) is 1.97. The number of aliphatic hydroxyl groups excluding tert-OH is 1. The molecule has 2 heteroatoms. The fourth-order valence-electron chi connectivity index (χ4n) is 1.32. The molecule has 1 N–H and O–H groups in total. The van der Waals surface area contributed by atoms with Crippen LogP contribution in [0.15, 0.2) is 29.2 Å². The number of terminal acetylenes is 1. The average molecular weight is 206 g/mol. The Balaban J connectivity index is 2.78. The van der Waals surface area contributed by atoms with Gasteiger partial charge in [0.15, 0.2) is 0 Å². The number of aliphatic hydroxyl groups is 1. The van der Waals surface area contributed by atoms with Gasteiger partial charge in [-0.25, -0.2) is 0 Å². The highest BCUT2D eigenvalue weighted by atomic mass is 32.2. The molecule has 0 amide bonds. The van der Waals surface area contributed by atoms with Gasteiger partial charge in [0.2, 0.25) is 0 Å². The molecule has 0 radical (unpaired) electrons. The zero-order valence-corrected chi connectivity index (χ0v) is 9.05. The normalized spacial score (nSPS) is 12.1. The molecule has 0 bridgehead atoms. The first-order chi connectivity index (χ1) is 6.79. The lowest BCUT2D eigenvalue weighted by Crippen LogP contribution is -1.98. The van der Waals surface area contributed by atoms with Gasteiger partial charge >= 0.3 is 0 Å². The summed E-state index contributed by atoms with van der Waals surface area (Å²) >= 11 is 1.65. The number of hydrogen-bond donors (Lipinski definition) is 1. The van der Waals surface area contributed by atoms with E-state index < -0.39 is 6.10 Å². The van der Waals surface area contributed by atoms with E-state index in [-0.39, 0.29) is 0 Å². The van der Waals surface area contributed by atoms with Crippen molar-refractivity contribution in [3.63, 3.8) is 0 Å². The summed E-state index contributed by atoms with van der Waals surface area (Å²) in [4.78, 5) is 1.12. The molecule has 0 heterocycles. The second kappa shape index (κ2) is 5.74. The first-order valence-corrected chi connectivity index (χ1v) is 5.76. The van der Waals surface area contributed by atoms with E-state index >= 15 is 0 Å². The van der Waals surface area contributed by atoms with Gasteiger partial charge in [0.05, 0.1) is 6.10 Å². The molecule has 0 aliphatic heterocycles. The second-order valence-corrected chi connectivity index (χ2v) is 3.85. The van der Waals surface area contributed by atoms with Crippen LogP contribution in [-0.2, 0) is 0 Å². The predicted octanol–water partition coefficient (Wildman–Crippen LogP) is 2.86. The Morgan fingerprint density at radius 1 is 1.50 bits per heavy atom. The molecule has 1 unspecified atom stereocenters. The van der Waals surface area contributed by atoms with Crippen molar-refractivity contribution in [3.8, 4) is 12.3 Å². The van der Waals surface area contributed by atoms with E-state index in [0.29, 0.717) is 12.8 Å². The van der Waals surface area contributed by atoms with Gasteiger partial charge in [-0.1, -0.05) is 18.2 Å². The molecule has 1 aromatic carbocycles. The van der Waals surface area contributed by atoms with Crippen molar-refractivity contribution in [1.82, 2.24) is 0 Å². The Hall–Kier alpha value is -0.910. The lowest BCUT2D eigenvalue weighted by molar-refractivity contribution is 0.166. The van der Waals surface area contributed by atoms with E-state index in [1.165, 1.54) is 0 Å². The summed E-state index contributed by atoms with van der Waals surface area (Å²) in [7, 11) is 0. The molecule has 74 valence electrons. The summed E-state index contributed by atoms with van der Waals surface area (Å²) in [6.07, 6.45) is 7.98. The summed E-state index contributed by atoms with van der Waals surface area (Å²) in [5, 5.41) is 9.85. The van der Waals surface area contributed by atoms with Crippen molar-refractivity contribution >= 4 is 11.8 Å². The summed E-state index contributed by atoms with van der Waals surface area (Å²) in [6, 6.07) is 7.88. The molecule has 0 aromatic heterocycles. The van der Waals surface area contributed by atoms with Gasteiger partial charge < -0.3 is 5.11 Å². The van der Waals surface area contributed by atoms with Gasteiger partial charge in [-0.3, -0.25) is 0 Å². The molecular formula is C12H14OS. The molecule has 1 atom stereocenters. The average Bonchev–Trinajstić information content (AvgIpc) is 2.25. The van der Waals surface area contributed by atoms with Gasteiger partial charge in [0.1, 0.15) is 0 Å². The number of rotatable bonds is 4. The summed E-state index contributed by atoms with van der Waals surface area (Å²) < 4.78 is 0. The van der Waals surface area contributed by atoms with Crippen LogP contribution in [0.3, 0.4) is 0 Å². The van der Waals surface area contributed by atoms with Crippen molar-refractivity contribution < 1.29 is 5.11 Å². The fraction of sp³-hybridized carbons (Fsp3) is 0.333. The summed E-state index contributed by atoms with van der Waals surface area (Å²) in [5.74, 6) is 2.54. The van der Waals surface area contributed by atoms with Crippen LogP contribution in [0.5, 0.6) is 0 Å². The van der Waals surface area contributed by atoms with E-state index in [1.54, 1.807) is 11.8 Å². The molecule has 0 saturated carbocycles. The van der Waals surface area contributed by atoms with E-state index in [0.717, 1.165) is 10.5 Å². The standard InChI is InChI=1S/C12H14OS/c1-3-4-8-11(13)10-7-5-6-9-12(10)14-2/h1,5-7,9,11,13H,4,8H2,2H3. The lowest BCUT2D eigenvalue weighted by atomic mass is 10.1. The zero-order valence-electron chi connectivity index (χ0n) is 8.23.